The van der Waals surface area contributed by atoms with Crippen molar-refractivity contribution in [3.05, 3.63) is 35.2 Å². The maximum atomic E-state index is 6.13. The molecule has 0 unspecified atom stereocenters. The van der Waals surface area contributed by atoms with E-state index in [0.717, 1.165) is 23.0 Å². The molecule has 21 heavy (non-hydrogen) atoms. The number of rotatable bonds is 3. The monoisotopic (exact) mass is 339 g/mol. The van der Waals surface area contributed by atoms with E-state index in [4.69, 9.17) is 28.3 Å². The van der Waals surface area contributed by atoms with Crippen LogP contribution >= 0.6 is 35.6 Å². The van der Waals surface area contributed by atoms with Gasteiger partial charge in [-0.1, -0.05) is 52.9 Å². The molecule has 0 atom stereocenters. The van der Waals surface area contributed by atoms with Gasteiger partial charge in [-0.15, -0.1) is 0 Å². The third-order valence-electron chi connectivity index (χ3n) is 3.27. The lowest BCUT2D eigenvalue weighted by atomic mass is 10.2. The molecule has 0 N–H and O–H groups in total. The first-order valence-electron chi connectivity index (χ1n) is 6.73. The molecule has 3 rings (SSSR count). The first-order valence-corrected chi connectivity index (χ1v) is 8.50. The minimum Gasteiger partial charge on any atom is -0.358 e. The van der Waals surface area contributed by atoms with Gasteiger partial charge in [0, 0.05) is 18.7 Å². The van der Waals surface area contributed by atoms with E-state index in [0.29, 0.717) is 22.5 Å². The van der Waals surface area contributed by atoms with Crippen molar-refractivity contribution in [3.8, 4) is 11.4 Å². The molecule has 2 heterocycles. The predicted molar refractivity (Wildman–Crippen MR) is 89.4 cm³/mol. The Hall–Kier alpha value is -1.11. The van der Waals surface area contributed by atoms with Crippen LogP contribution in [-0.4, -0.2) is 32.5 Å². The predicted octanol–water partition coefficient (Wildman–Crippen LogP) is 4.00. The van der Waals surface area contributed by atoms with E-state index in [1.807, 2.05) is 24.3 Å². The maximum absolute atomic E-state index is 6.13. The molecule has 0 radical (unpaired) electrons. The Morgan fingerprint density at radius 1 is 1.33 bits per heavy atom. The highest BCUT2D eigenvalue weighted by Gasteiger charge is 2.17. The van der Waals surface area contributed by atoms with Gasteiger partial charge in [-0.3, -0.25) is 0 Å². The van der Waals surface area contributed by atoms with Crippen LogP contribution in [0.5, 0.6) is 0 Å². The lowest BCUT2D eigenvalue weighted by molar-refractivity contribution is 0.392. The third kappa shape index (κ3) is 3.56. The largest absolute Gasteiger partial charge is 0.358 e. The lowest BCUT2D eigenvalue weighted by Gasteiger charge is -2.16. The molecule has 1 aliphatic heterocycles. The molecule has 0 saturated carbocycles. The van der Waals surface area contributed by atoms with Gasteiger partial charge in [-0.2, -0.15) is 4.98 Å². The van der Waals surface area contributed by atoms with Crippen molar-refractivity contribution in [1.82, 2.24) is 15.0 Å². The van der Waals surface area contributed by atoms with Crippen LogP contribution in [0.4, 0.5) is 0 Å². The zero-order valence-electron chi connectivity index (χ0n) is 11.3. The Morgan fingerprint density at radius 2 is 2.10 bits per heavy atom. The smallest absolute Gasteiger partial charge is 0.237 e. The van der Waals surface area contributed by atoms with E-state index in [-0.39, 0.29) is 0 Å². The average Bonchev–Trinajstić information content (AvgIpc) is 3.17. The van der Waals surface area contributed by atoms with Gasteiger partial charge in [0.1, 0.15) is 4.32 Å². The number of hydrogen-bond acceptors (Lipinski definition) is 5. The summed E-state index contributed by atoms with van der Waals surface area (Å²) in [6.07, 6.45) is 2.44. The average molecular weight is 340 g/mol. The zero-order chi connectivity index (χ0) is 14.7. The number of nitrogens with zero attached hydrogens (tertiary/aromatic N) is 3. The quantitative estimate of drug-likeness (QED) is 0.787. The molecule has 1 aliphatic rings. The standard InChI is InChI=1S/C14H14ClN3OS2/c15-11-6-2-1-5-10(11)13-16-12(19-17-13)9-21-14(20)18-7-3-4-8-18/h1-2,5-6H,3-4,7-9H2. The lowest BCUT2D eigenvalue weighted by Crippen LogP contribution is -2.23. The number of halogens is 1. The van der Waals surface area contributed by atoms with Gasteiger partial charge >= 0.3 is 0 Å². The van der Waals surface area contributed by atoms with Crippen LogP contribution in [0.2, 0.25) is 5.02 Å². The number of likely N-dealkylation sites (tertiary alicyclic amines) is 1. The summed E-state index contributed by atoms with van der Waals surface area (Å²) in [6.45, 7) is 2.11. The molecule has 7 heteroatoms. The van der Waals surface area contributed by atoms with Crippen molar-refractivity contribution >= 4 is 39.9 Å². The van der Waals surface area contributed by atoms with Gasteiger partial charge < -0.3 is 9.42 Å². The van der Waals surface area contributed by atoms with Crippen LogP contribution in [0.15, 0.2) is 28.8 Å². The molecular formula is C14H14ClN3OS2. The summed E-state index contributed by atoms with van der Waals surface area (Å²) in [5, 5.41) is 4.60. The summed E-state index contributed by atoms with van der Waals surface area (Å²) < 4.78 is 6.18. The second-order valence-corrected chi connectivity index (χ2v) is 6.76. The minimum atomic E-state index is 0.517. The van der Waals surface area contributed by atoms with Gasteiger partial charge in [-0.25, -0.2) is 0 Å². The highest BCUT2D eigenvalue weighted by Crippen LogP contribution is 2.26. The first kappa shape index (κ1) is 14.8. The second kappa shape index (κ2) is 6.77. The number of benzene rings is 1. The van der Waals surface area contributed by atoms with Crippen LogP contribution in [0.1, 0.15) is 18.7 Å². The van der Waals surface area contributed by atoms with Crippen LogP contribution in [0.3, 0.4) is 0 Å². The van der Waals surface area contributed by atoms with Crippen molar-refractivity contribution in [2.24, 2.45) is 0 Å². The molecule has 0 amide bonds. The summed E-state index contributed by atoms with van der Waals surface area (Å²) in [4.78, 5) is 6.61. The molecule has 0 aliphatic carbocycles. The summed E-state index contributed by atoms with van der Waals surface area (Å²) in [6, 6.07) is 7.45. The number of hydrogen-bond donors (Lipinski definition) is 0. The van der Waals surface area contributed by atoms with Crippen LogP contribution in [0.25, 0.3) is 11.4 Å². The van der Waals surface area contributed by atoms with Crippen molar-refractivity contribution in [2.75, 3.05) is 13.1 Å². The van der Waals surface area contributed by atoms with Crippen LogP contribution in [-0.2, 0) is 5.75 Å². The van der Waals surface area contributed by atoms with E-state index >= 15 is 0 Å². The van der Waals surface area contributed by atoms with Crippen molar-refractivity contribution < 1.29 is 4.52 Å². The van der Waals surface area contributed by atoms with Crippen molar-refractivity contribution in [3.63, 3.8) is 0 Å². The Balaban J connectivity index is 1.63. The fourth-order valence-corrected chi connectivity index (χ4v) is 3.49. The Morgan fingerprint density at radius 3 is 2.86 bits per heavy atom. The summed E-state index contributed by atoms with van der Waals surface area (Å²) in [5.74, 6) is 1.67. The topological polar surface area (TPSA) is 42.2 Å². The van der Waals surface area contributed by atoms with Gasteiger partial charge in [0.2, 0.25) is 11.7 Å². The van der Waals surface area contributed by atoms with Gasteiger partial charge in [0.15, 0.2) is 0 Å². The molecule has 4 nitrogen and oxygen atoms in total. The summed E-state index contributed by atoms with van der Waals surface area (Å²) in [5.41, 5.74) is 0.779. The third-order valence-corrected chi connectivity index (χ3v) is 5.10. The highest BCUT2D eigenvalue weighted by atomic mass is 35.5. The fourth-order valence-electron chi connectivity index (χ4n) is 2.18. The Labute approximate surface area is 137 Å². The van der Waals surface area contributed by atoms with Crippen molar-refractivity contribution in [2.45, 2.75) is 18.6 Å². The normalized spacial score (nSPS) is 14.6. The zero-order valence-corrected chi connectivity index (χ0v) is 13.7. The van der Waals surface area contributed by atoms with E-state index < -0.39 is 0 Å². The van der Waals surface area contributed by atoms with Crippen molar-refractivity contribution in [1.29, 1.82) is 0 Å². The molecule has 1 aromatic heterocycles. The van der Waals surface area contributed by atoms with Gasteiger partial charge in [-0.05, 0) is 25.0 Å². The molecule has 110 valence electrons. The van der Waals surface area contributed by atoms with Crippen LogP contribution < -0.4 is 0 Å². The Bertz CT molecular complexity index is 641. The molecular weight excluding hydrogens is 326 g/mol. The SMILES string of the molecule is S=C(SCc1nc(-c2ccccc2Cl)no1)N1CCCC1. The van der Waals surface area contributed by atoms with Crippen LogP contribution in [0, 0.1) is 0 Å². The number of aromatic nitrogens is 2. The molecule has 0 spiro atoms. The van der Waals surface area contributed by atoms with E-state index in [9.17, 15) is 0 Å². The van der Waals surface area contributed by atoms with E-state index in [1.54, 1.807) is 11.8 Å². The summed E-state index contributed by atoms with van der Waals surface area (Å²) >= 11 is 13.1. The number of thioether (sulfide) groups is 1. The van der Waals surface area contributed by atoms with E-state index in [2.05, 4.69) is 15.0 Å². The van der Waals surface area contributed by atoms with Gasteiger partial charge in [0.25, 0.3) is 0 Å². The van der Waals surface area contributed by atoms with Gasteiger partial charge in [0.05, 0.1) is 10.8 Å². The highest BCUT2D eigenvalue weighted by molar-refractivity contribution is 8.22. The first-order chi connectivity index (χ1) is 10.2. The molecule has 1 saturated heterocycles. The summed E-state index contributed by atoms with van der Waals surface area (Å²) in [7, 11) is 0. The molecule has 1 aromatic carbocycles. The molecule has 2 aromatic rings. The number of thiocarbonyl (C=S) groups is 1. The molecule has 1 fully saturated rings. The minimum absolute atomic E-state index is 0.517. The Kier molecular flexibility index (Phi) is 4.77. The fraction of sp³-hybridized carbons (Fsp3) is 0.357. The maximum Gasteiger partial charge on any atom is 0.237 e. The molecule has 0 bridgehead atoms. The second-order valence-electron chi connectivity index (χ2n) is 4.74. The van der Waals surface area contributed by atoms with E-state index in [1.165, 1.54) is 12.8 Å².